The van der Waals surface area contributed by atoms with Gasteiger partial charge in [-0.2, -0.15) is 0 Å². The van der Waals surface area contributed by atoms with E-state index in [0.29, 0.717) is 34.5 Å². The van der Waals surface area contributed by atoms with Crippen molar-refractivity contribution in [1.29, 1.82) is 0 Å². The van der Waals surface area contributed by atoms with Crippen LogP contribution in [-0.2, 0) is 0 Å². The van der Waals surface area contributed by atoms with E-state index in [4.69, 9.17) is 28.9 Å². The van der Waals surface area contributed by atoms with Crippen molar-refractivity contribution in [2.75, 3.05) is 6.54 Å². The Bertz CT molecular complexity index is 415. The predicted molar refractivity (Wildman–Crippen MR) is 82.1 cm³/mol. The van der Waals surface area contributed by atoms with Crippen LogP contribution in [0.2, 0.25) is 10.0 Å². The first kappa shape index (κ1) is 16.5. The minimum absolute atomic E-state index is 0.0608. The summed E-state index contributed by atoms with van der Waals surface area (Å²) in [6, 6.07) is 5.17. The molecule has 1 rings (SSSR count). The molecule has 0 saturated carbocycles. The van der Waals surface area contributed by atoms with Crippen LogP contribution in [0.25, 0.3) is 0 Å². The lowest BCUT2D eigenvalue weighted by atomic mass is 9.92. The number of benzene rings is 1. The zero-order valence-electron chi connectivity index (χ0n) is 11.3. The number of halogens is 2. The second-order valence-electron chi connectivity index (χ2n) is 4.80. The fourth-order valence-corrected chi connectivity index (χ4v) is 2.67. The van der Waals surface area contributed by atoms with Crippen molar-refractivity contribution >= 4 is 29.0 Å². The molecule has 0 aliphatic rings. The van der Waals surface area contributed by atoms with Gasteiger partial charge >= 0.3 is 0 Å². The summed E-state index contributed by atoms with van der Waals surface area (Å²) in [5, 5.41) is 0.791. The molecule has 4 heteroatoms. The first-order valence-corrected chi connectivity index (χ1v) is 7.53. The lowest BCUT2D eigenvalue weighted by Gasteiger charge is -2.14. The van der Waals surface area contributed by atoms with E-state index in [1.54, 1.807) is 18.2 Å². The number of hydrogen-bond donors (Lipinski definition) is 1. The van der Waals surface area contributed by atoms with Crippen LogP contribution < -0.4 is 5.73 Å². The zero-order chi connectivity index (χ0) is 14.3. The lowest BCUT2D eigenvalue weighted by Crippen LogP contribution is -2.11. The predicted octanol–water partition coefficient (Wildman–Crippen LogP) is 4.72. The van der Waals surface area contributed by atoms with Crippen molar-refractivity contribution in [3.63, 3.8) is 0 Å². The summed E-state index contributed by atoms with van der Waals surface area (Å²) >= 11 is 12.0. The molecule has 0 radical (unpaired) electrons. The minimum Gasteiger partial charge on any atom is -0.330 e. The van der Waals surface area contributed by atoms with Gasteiger partial charge in [-0.05, 0) is 37.4 Å². The summed E-state index contributed by atoms with van der Waals surface area (Å²) in [5.74, 6) is 0.586. The number of ketones is 1. The zero-order valence-corrected chi connectivity index (χ0v) is 12.8. The molecule has 0 spiro atoms. The molecule has 0 bridgehead atoms. The van der Waals surface area contributed by atoms with E-state index in [-0.39, 0.29) is 5.78 Å². The lowest BCUT2D eigenvalue weighted by molar-refractivity contribution is 0.0972. The monoisotopic (exact) mass is 301 g/mol. The highest BCUT2D eigenvalue weighted by Crippen LogP contribution is 2.27. The van der Waals surface area contributed by atoms with Gasteiger partial charge < -0.3 is 5.73 Å². The third-order valence-electron chi connectivity index (χ3n) is 3.30. The van der Waals surface area contributed by atoms with E-state index in [1.165, 1.54) is 0 Å². The number of nitrogens with two attached hydrogens (primary N) is 1. The number of carbonyl (C=O) groups excluding carboxylic acids is 1. The molecule has 1 unspecified atom stereocenters. The first-order chi connectivity index (χ1) is 9.10. The Morgan fingerprint density at radius 2 is 2.00 bits per heavy atom. The van der Waals surface area contributed by atoms with Gasteiger partial charge in [0.25, 0.3) is 0 Å². The van der Waals surface area contributed by atoms with Crippen molar-refractivity contribution in [3.8, 4) is 0 Å². The molecule has 1 atom stereocenters. The molecule has 0 heterocycles. The van der Waals surface area contributed by atoms with Gasteiger partial charge in [0.05, 0.1) is 10.0 Å². The highest BCUT2D eigenvalue weighted by atomic mass is 35.5. The highest BCUT2D eigenvalue weighted by Gasteiger charge is 2.15. The van der Waals surface area contributed by atoms with Gasteiger partial charge in [-0.25, -0.2) is 0 Å². The Morgan fingerprint density at radius 3 is 2.63 bits per heavy atom. The Labute approximate surface area is 125 Å². The van der Waals surface area contributed by atoms with E-state index >= 15 is 0 Å². The minimum atomic E-state index is 0.0608. The van der Waals surface area contributed by atoms with Gasteiger partial charge in [0.2, 0.25) is 0 Å². The summed E-state index contributed by atoms with van der Waals surface area (Å²) in [7, 11) is 0. The average Bonchev–Trinajstić information content (AvgIpc) is 2.39. The van der Waals surface area contributed by atoms with Gasteiger partial charge in [-0.3, -0.25) is 4.79 Å². The Kier molecular flexibility index (Phi) is 7.44. The van der Waals surface area contributed by atoms with Crippen LogP contribution in [-0.4, -0.2) is 12.3 Å². The van der Waals surface area contributed by atoms with Crippen LogP contribution in [0.4, 0.5) is 0 Å². The largest absolute Gasteiger partial charge is 0.330 e. The van der Waals surface area contributed by atoms with E-state index in [0.717, 1.165) is 25.7 Å². The van der Waals surface area contributed by atoms with Gasteiger partial charge in [0.15, 0.2) is 5.78 Å². The molecular formula is C15H21Cl2NO. The second-order valence-corrected chi connectivity index (χ2v) is 5.58. The molecule has 0 aliphatic heterocycles. The molecule has 0 aromatic heterocycles. The maximum absolute atomic E-state index is 12.2. The van der Waals surface area contributed by atoms with Crippen molar-refractivity contribution < 1.29 is 4.79 Å². The van der Waals surface area contributed by atoms with Gasteiger partial charge in [-0.15, -0.1) is 0 Å². The van der Waals surface area contributed by atoms with Crippen molar-refractivity contribution in [2.24, 2.45) is 11.7 Å². The number of Topliss-reactive ketones (excluding diaryl/α,β-unsaturated/α-hetero) is 1. The van der Waals surface area contributed by atoms with Crippen LogP contribution in [0, 0.1) is 5.92 Å². The SMILES string of the molecule is CCCC(CCN)CCC(=O)c1cccc(Cl)c1Cl. The highest BCUT2D eigenvalue weighted by molar-refractivity contribution is 6.43. The molecule has 1 aromatic rings. The molecule has 19 heavy (non-hydrogen) atoms. The summed E-state index contributed by atoms with van der Waals surface area (Å²) in [5.41, 5.74) is 6.12. The number of carbonyl (C=O) groups is 1. The third-order valence-corrected chi connectivity index (χ3v) is 4.12. The molecule has 0 saturated heterocycles. The van der Waals surface area contributed by atoms with Crippen molar-refractivity contribution in [3.05, 3.63) is 33.8 Å². The molecule has 2 nitrogen and oxygen atoms in total. The summed E-state index contributed by atoms with van der Waals surface area (Å²) in [6.07, 6.45) is 4.59. The van der Waals surface area contributed by atoms with E-state index in [1.807, 2.05) is 0 Å². The van der Waals surface area contributed by atoms with E-state index < -0.39 is 0 Å². The van der Waals surface area contributed by atoms with Gasteiger partial charge in [0, 0.05) is 12.0 Å². The Balaban J connectivity index is 2.61. The van der Waals surface area contributed by atoms with Crippen LogP contribution >= 0.6 is 23.2 Å². The number of hydrogen-bond acceptors (Lipinski definition) is 2. The summed E-state index contributed by atoms with van der Waals surface area (Å²) in [6.45, 7) is 2.83. The topological polar surface area (TPSA) is 43.1 Å². The second kappa shape index (κ2) is 8.57. The standard InChI is InChI=1S/C15H21Cl2NO/c1-2-4-11(9-10-18)7-8-14(19)12-5-3-6-13(16)15(12)17/h3,5-6,11H,2,4,7-10,18H2,1H3. The third kappa shape index (κ3) is 5.13. The van der Waals surface area contributed by atoms with Crippen molar-refractivity contribution in [2.45, 2.75) is 39.0 Å². The Morgan fingerprint density at radius 1 is 1.26 bits per heavy atom. The molecule has 0 amide bonds. The van der Waals surface area contributed by atoms with Crippen LogP contribution in [0.5, 0.6) is 0 Å². The maximum atomic E-state index is 12.2. The maximum Gasteiger partial charge on any atom is 0.164 e. The number of rotatable bonds is 8. The van der Waals surface area contributed by atoms with E-state index in [2.05, 4.69) is 6.92 Å². The fraction of sp³-hybridized carbons (Fsp3) is 0.533. The van der Waals surface area contributed by atoms with Crippen molar-refractivity contribution in [1.82, 2.24) is 0 Å². The normalized spacial score (nSPS) is 12.4. The quantitative estimate of drug-likeness (QED) is 0.706. The van der Waals surface area contributed by atoms with Crippen LogP contribution in [0.3, 0.4) is 0 Å². The molecule has 0 fully saturated rings. The van der Waals surface area contributed by atoms with Gasteiger partial charge in [0.1, 0.15) is 0 Å². The fourth-order valence-electron chi connectivity index (χ4n) is 2.27. The molecule has 106 valence electrons. The average molecular weight is 302 g/mol. The van der Waals surface area contributed by atoms with E-state index in [9.17, 15) is 4.79 Å². The smallest absolute Gasteiger partial charge is 0.164 e. The molecule has 0 aliphatic carbocycles. The molecular weight excluding hydrogens is 281 g/mol. The first-order valence-electron chi connectivity index (χ1n) is 6.77. The summed E-state index contributed by atoms with van der Waals surface area (Å²) in [4.78, 5) is 12.2. The molecule has 2 N–H and O–H groups in total. The van der Waals surface area contributed by atoms with Crippen LogP contribution in [0.1, 0.15) is 49.4 Å². The Hall–Kier alpha value is -0.570. The summed E-state index contributed by atoms with van der Waals surface area (Å²) < 4.78 is 0. The van der Waals surface area contributed by atoms with Crippen LogP contribution in [0.15, 0.2) is 18.2 Å². The van der Waals surface area contributed by atoms with Gasteiger partial charge in [-0.1, -0.05) is 49.0 Å². The molecule has 1 aromatic carbocycles.